The van der Waals surface area contributed by atoms with E-state index in [4.69, 9.17) is 23.2 Å². The number of hydrogen-bond acceptors (Lipinski definition) is 6. The normalized spacial score (nSPS) is 14.4. The van der Waals surface area contributed by atoms with Crippen molar-refractivity contribution in [3.63, 3.8) is 0 Å². The van der Waals surface area contributed by atoms with Gasteiger partial charge in [-0.2, -0.15) is 13.2 Å². The second-order valence-corrected chi connectivity index (χ2v) is 10.8. The van der Waals surface area contributed by atoms with Crippen LogP contribution in [0.2, 0.25) is 10.0 Å². The minimum Gasteiger partial charge on any atom is -0.368 e. The maximum Gasteiger partial charge on any atom is 0.417 e. The molecule has 202 valence electrons. The molecule has 1 aliphatic rings. The fraction of sp³-hybridized carbons (Fsp3) is 0.250. The van der Waals surface area contributed by atoms with Gasteiger partial charge in [0.2, 0.25) is 0 Å². The number of hydrogen-bond donors (Lipinski definition) is 2. The molecule has 1 saturated heterocycles. The molecule has 0 atom stereocenters. The number of piperazine rings is 1. The second-order valence-electron chi connectivity index (χ2n) is 8.35. The molecule has 2 aromatic carbocycles. The summed E-state index contributed by atoms with van der Waals surface area (Å²) < 4.78 is 67.1. The smallest absolute Gasteiger partial charge is 0.368 e. The van der Waals surface area contributed by atoms with Crippen LogP contribution in [-0.4, -0.2) is 52.5 Å². The number of nitrogens with one attached hydrogen (secondary N) is 2. The third-order valence-corrected chi connectivity index (χ3v) is 8.08. The number of amides is 1. The number of sulfonamides is 1. The molecule has 0 saturated carbocycles. The van der Waals surface area contributed by atoms with Crippen molar-refractivity contribution in [2.45, 2.75) is 11.1 Å². The first-order valence-electron chi connectivity index (χ1n) is 11.3. The number of alkyl halides is 3. The van der Waals surface area contributed by atoms with Crippen LogP contribution in [-0.2, 0) is 16.2 Å². The second kappa shape index (κ2) is 10.9. The van der Waals surface area contributed by atoms with Gasteiger partial charge in [-0.3, -0.25) is 9.52 Å². The van der Waals surface area contributed by atoms with E-state index in [-0.39, 0.29) is 32.0 Å². The first-order valence-corrected chi connectivity index (χ1v) is 13.5. The van der Waals surface area contributed by atoms with E-state index in [0.717, 1.165) is 12.3 Å². The van der Waals surface area contributed by atoms with Crippen LogP contribution in [0, 0.1) is 0 Å². The Bertz CT molecular complexity index is 1460. The van der Waals surface area contributed by atoms with Crippen molar-refractivity contribution >= 4 is 56.3 Å². The summed E-state index contributed by atoms with van der Waals surface area (Å²) in [5.74, 6) is -0.238. The van der Waals surface area contributed by atoms with Gasteiger partial charge in [0, 0.05) is 45.1 Å². The number of halogens is 5. The van der Waals surface area contributed by atoms with Gasteiger partial charge in [0.25, 0.3) is 15.9 Å². The van der Waals surface area contributed by atoms with Gasteiger partial charge in [-0.05, 0) is 36.4 Å². The summed E-state index contributed by atoms with van der Waals surface area (Å²) in [6.45, 7) is 1.73. The Morgan fingerprint density at radius 3 is 2.24 bits per heavy atom. The number of nitrogens with zero attached hydrogens (tertiary/aromatic N) is 3. The summed E-state index contributed by atoms with van der Waals surface area (Å²) in [7, 11) is -2.64. The van der Waals surface area contributed by atoms with Gasteiger partial charge in [0.05, 0.1) is 26.9 Å². The molecule has 3 aromatic rings. The largest absolute Gasteiger partial charge is 0.417 e. The lowest BCUT2D eigenvalue weighted by molar-refractivity contribution is -0.137. The van der Waals surface area contributed by atoms with E-state index in [1.165, 1.54) is 31.3 Å². The van der Waals surface area contributed by atoms with Crippen molar-refractivity contribution in [1.29, 1.82) is 0 Å². The molecule has 38 heavy (non-hydrogen) atoms. The van der Waals surface area contributed by atoms with Crippen LogP contribution in [0.15, 0.2) is 59.6 Å². The Morgan fingerprint density at radius 1 is 0.974 bits per heavy atom. The molecule has 0 radical (unpaired) electrons. The van der Waals surface area contributed by atoms with Crippen molar-refractivity contribution in [2.24, 2.45) is 0 Å². The Kier molecular flexibility index (Phi) is 7.96. The Hall–Kier alpha value is -3.22. The molecule has 0 spiro atoms. The molecule has 1 amide bonds. The number of rotatable bonds is 6. The van der Waals surface area contributed by atoms with Crippen molar-refractivity contribution in [3.05, 3.63) is 75.9 Å². The molecule has 1 fully saturated rings. The highest BCUT2D eigenvalue weighted by atomic mass is 35.5. The molecule has 0 bridgehead atoms. The molecular weight excluding hydrogens is 566 g/mol. The Balaban J connectivity index is 1.53. The lowest BCUT2D eigenvalue weighted by Crippen LogP contribution is -2.47. The lowest BCUT2D eigenvalue weighted by atomic mass is 10.1. The van der Waals surface area contributed by atoms with E-state index in [9.17, 15) is 26.4 Å². The van der Waals surface area contributed by atoms with Crippen molar-refractivity contribution in [2.75, 3.05) is 47.7 Å². The lowest BCUT2D eigenvalue weighted by Gasteiger charge is -2.37. The Labute approximate surface area is 227 Å². The zero-order valence-electron chi connectivity index (χ0n) is 19.9. The number of benzene rings is 2. The first kappa shape index (κ1) is 27.8. The number of carbonyl (C=O) groups excluding carboxylic acids is 1. The van der Waals surface area contributed by atoms with Crippen LogP contribution >= 0.6 is 23.2 Å². The maximum absolute atomic E-state index is 12.9. The molecule has 2 N–H and O–H groups in total. The average Bonchev–Trinajstić information content (AvgIpc) is 2.88. The molecule has 0 aliphatic carbocycles. The molecule has 1 aromatic heterocycles. The van der Waals surface area contributed by atoms with Gasteiger partial charge in [0.1, 0.15) is 10.7 Å². The highest BCUT2D eigenvalue weighted by Gasteiger charge is 2.32. The average molecular weight is 588 g/mol. The summed E-state index contributed by atoms with van der Waals surface area (Å²) in [5, 5.41) is 2.46. The number of aromatic nitrogens is 1. The van der Waals surface area contributed by atoms with Crippen molar-refractivity contribution < 1.29 is 26.4 Å². The summed E-state index contributed by atoms with van der Waals surface area (Å²) in [4.78, 5) is 20.2. The van der Waals surface area contributed by atoms with E-state index in [2.05, 4.69) is 15.0 Å². The summed E-state index contributed by atoms with van der Waals surface area (Å²) in [5.41, 5.74) is -0.0739. The topological polar surface area (TPSA) is 94.6 Å². The molecule has 4 rings (SSSR count). The fourth-order valence-electron chi connectivity index (χ4n) is 4.00. The van der Waals surface area contributed by atoms with Crippen LogP contribution in [0.5, 0.6) is 0 Å². The van der Waals surface area contributed by atoms with Gasteiger partial charge in [0.15, 0.2) is 0 Å². The number of anilines is 3. The molecule has 8 nitrogen and oxygen atoms in total. The van der Waals surface area contributed by atoms with Crippen LogP contribution in [0.4, 0.5) is 30.4 Å². The predicted molar refractivity (Wildman–Crippen MR) is 141 cm³/mol. The Morgan fingerprint density at radius 2 is 1.63 bits per heavy atom. The van der Waals surface area contributed by atoms with E-state index in [0.29, 0.717) is 31.9 Å². The van der Waals surface area contributed by atoms with Crippen LogP contribution in [0.3, 0.4) is 0 Å². The van der Waals surface area contributed by atoms with Gasteiger partial charge in [-0.25, -0.2) is 13.4 Å². The van der Waals surface area contributed by atoms with Gasteiger partial charge < -0.3 is 15.1 Å². The summed E-state index contributed by atoms with van der Waals surface area (Å²) >= 11 is 12.1. The zero-order chi connectivity index (χ0) is 27.7. The highest BCUT2D eigenvalue weighted by Crippen LogP contribution is 2.34. The summed E-state index contributed by atoms with van der Waals surface area (Å²) in [6.07, 6.45) is -3.78. The van der Waals surface area contributed by atoms with Gasteiger partial charge in [-0.1, -0.05) is 35.3 Å². The quantitative estimate of drug-likeness (QED) is 0.426. The molecule has 14 heteroatoms. The number of carbonyl (C=O) groups is 1. The minimum absolute atomic E-state index is 0.0404. The van der Waals surface area contributed by atoms with E-state index < -0.39 is 27.7 Å². The highest BCUT2D eigenvalue weighted by molar-refractivity contribution is 7.92. The molecule has 1 aliphatic heterocycles. The SMILES string of the molecule is CNC(=O)c1cc(N2CCN(c3ncc(C(F)(F)F)cc3Cl)CC2)ccc1NS(=O)(=O)c1ccccc1Cl. The van der Waals surface area contributed by atoms with Crippen LogP contribution in [0.1, 0.15) is 15.9 Å². The third kappa shape index (κ3) is 5.92. The van der Waals surface area contributed by atoms with Crippen LogP contribution < -0.4 is 19.8 Å². The summed E-state index contributed by atoms with van der Waals surface area (Å²) in [6, 6.07) is 11.5. The van der Waals surface area contributed by atoms with Crippen LogP contribution in [0.25, 0.3) is 0 Å². The van der Waals surface area contributed by atoms with Gasteiger partial charge in [-0.15, -0.1) is 0 Å². The zero-order valence-corrected chi connectivity index (χ0v) is 22.2. The monoisotopic (exact) mass is 587 g/mol. The van der Waals surface area contributed by atoms with E-state index >= 15 is 0 Å². The standard InChI is InChI=1S/C24H22Cl2F3N5O3S/c1-30-23(35)17-13-16(6-7-20(17)32-38(36,37)21-5-3-2-4-18(21)25)33-8-10-34(11-9-33)22-19(26)12-15(14-31-22)24(27,28)29/h2-7,12-14,32H,8-11H2,1H3,(H,30,35). The number of pyridine rings is 1. The van der Waals surface area contributed by atoms with Crippen molar-refractivity contribution in [1.82, 2.24) is 10.3 Å². The van der Waals surface area contributed by atoms with Crippen molar-refractivity contribution in [3.8, 4) is 0 Å². The minimum atomic E-state index is -4.54. The maximum atomic E-state index is 12.9. The first-order chi connectivity index (χ1) is 17.9. The van der Waals surface area contributed by atoms with Gasteiger partial charge >= 0.3 is 6.18 Å². The molecule has 0 unspecified atom stereocenters. The molecular formula is C24H22Cl2F3N5O3S. The van der Waals surface area contributed by atoms with E-state index in [1.54, 1.807) is 23.1 Å². The predicted octanol–water partition coefficient (Wildman–Crippen LogP) is 4.89. The van der Waals surface area contributed by atoms with E-state index in [1.807, 2.05) is 4.90 Å². The third-order valence-electron chi connectivity index (χ3n) is 5.94. The fourth-order valence-corrected chi connectivity index (χ4v) is 5.88. The molecule has 2 heterocycles.